The average Bonchev–Trinajstić information content (AvgIpc) is 3.31. The number of aromatic nitrogens is 4. The van der Waals surface area contributed by atoms with Gasteiger partial charge in [0, 0.05) is 30.7 Å². The normalized spacial score (nSPS) is 12.6. The molecule has 0 saturated carbocycles. The fraction of sp³-hybridized carbons (Fsp3) is 0.250. The number of amides is 1. The van der Waals surface area contributed by atoms with E-state index >= 15 is 0 Å². The number of pyridine rings is 1. The monoisotopic (exact) mass is 468 g/mol. The second-order valence-electron chi connectivity index (χ2n) is 7.29. The highest BCUT2D eigenvalue weighted by atomic mass is 19.3. The van der Waals surface area contributed by atoms with Gasteiger partial charge in [-0.2, -0.15) is 0 Å². The van der Waals surface area contributed by atoms with Crippen LogP contribution >= 0.6 is 0 Å². The summed E-state index contributed by atoms with van der Waals surface area (Å²) in [7, 11) is 0. The molecule has 8 nitrogen and oxygen atoms in total. The zero-order chi connectivity index (χ0) is 24.5. The van der Waals surface area contributed by atoms with Gasteiger partial charge in [0.15, 0.2) is 11.6 Å². The van der Waals surface area contributed by atoms with Crippen LogP contribution in [0.1, 0.15) is 36.5 Å². The van der Waals surface area contributed by atoms with Crippen LogP contribution in [0.3, 0.4) is 0 Å². The van der Waals surface area contributed by atoms with E-state index in [1.807, 2.05) is 25.1 Å². The third-order valence-corrected chi connectivity index (χ3v) is 4.77. The highest BCUT2D eigenvalue weighted by Gasteiger charge is 2.15. The number of hydrogen-bond donors (Lipinski definition) is 3. The van der Waals surface area contributed by atoms with Gasteiger partial charge in [0.2, 0.25) is 0 Å². The van der Waals surface area contributed by atoms with Crippen LogP contribution in [-0.4, -0.2) is 50.2 Å². The van der Waals surface area contributed by atoms with Gasteiger partial charge in [-0.05, 0) is 37.1 Å². The molecular formula is C24H26F2N6O2. The molecule has 0 atom stereocenters. The fourth-order valence-electron chi connectivity index (χ4n) is 3.06. The van der Waals surface area contributed by atoms with Gasteiger partial charge in [-0.1, -0.05) is 31.2 Å². The molecule has 10 heteroatoms. The Morgan fingerprint density at radius 2 is 2.15 bits per heavy atom. The minimum Gasteiger partial charge on any atom is -0.395 e. The Labute approximate surface area is 195 Å². The van der Waals surface area contributed by atoms with Crippen LogP contribution in [0.4, 0.5) is 20.3 Å². The third-order valence-electron chi connectivity index (χ3n) is 4.77. The van der Waals surface area contributed by atoms with E-state index in [9.17, 15) is 13.6 Å². The maximum atomic E-state index is 12.8. The molecule has 0 aliphatic rings. The summed E-state index contributed by atoms with van der Waals surface area (Å²) in [6, 6.07) is 5.29. The molecule has 3 N–H and O–H groups in total. The van der Waals surface area contributed by atoms with Crippen molar-refractivity contribution in [1.29, 1.82) is 0 Å². The smallest absolute Gasteiger partial charge is 0.259 e. The van der Waals surface area contributed by atoms with Gasteiger partial charge in [-0.3, -0.25) is 9.78 Å². The summed E-state index contributed by atoms with van der Waals surface area (Å²) >= 11 is 0. The SMILES string of the molecule is CC/C=C(/C=C\C=C(/C)C(F)F)c1nc(Nc2ccncc2C(=O)NCCO)c2cccn2n1. The standard InChI is InChI=1S/C24H26F2N6O2/c1-3-6-17(8-4-7-16(2)21(25)26)22-30-23(20-9-5-13-32(20)31-22)29-19-10-11-27-15-18(19)24(34)28-12-14-33/h4-11,13,15,21,33H,3,12,14H2,1-2H3,(H,28,34)(H,27,29,30,31)/b8-4-,16-7+,17-6-. The molecule has 34 heavy (non-hydrogen) atoms. The van der Waals surface area contributed by atoms with Gasteiger partial charge >= 0.3 is 0 Å². The van der Waals surface area contributed by atoms with Crippen LogP contribution in [0.25, 0.3) is 11.1 Å². The van der Waals surface area contributed by atoms with Crippen LogP contribution < -0.4 is 10.6 Å². The number of rotatable bonds is 10. The van der Waals surface area contributed by atoms with E-state index in [4.69, 9.17) is 5.11 Å². The lowest BCUT2D eigenvalue weighted by atomic mass is 10.1. The molecular weight excluding hydrogens is 442 g/mol. The number of fused-ring (bicyclic) bond motifs is 1. The quantitative estimate of drug-likeness (QED) is 0.386. The summed E-state index contributed by atoms with van der Waals surface area (Å²) in [6.45, 7) is 3.26. The number of carbonyl (C=O) groups is 1. The number of alkyl halides is 2. The van der Waals surface area contributed by atoms with Crippen LogP contribution in [-0.2, 0) is 0 Å². The molecule has 0 aliphatic carbocycles. The number of nitrogens with zero attached hydrogens (tertiary/aromatic N) is 4. The first-order chi connectivity index (χ1) is 16.4. The van der Waals surface area contributed by atoms with Crippen LogP contribution in [0.5, 0.6) is 0 Å². The average molecular weight is 469 g/mol. The number of hydrogen-bond acceptors (Lipinski definition) is 6. The van der Waals surface area contributed by atoms with E-state index in [1.54, 1.807) is 35.1 Å². The minimum absolute atomic E-state index is 0.0408. The number of aliphatic hydroxyl groups is 1. The van der Waals surface area contributed by atoms with Crippen molar-refractivity contribution in [3.05, 3.63) is 78.1 Å². The summed E-state index contributed by atoms with van der Waals surface area (Å²) in [4.78, 5) is 21.2. The lowest BCUT2D eigenvalue weighted by Gasteiger charge is -2.13. The Balaban J connectivity index is 2.01. The Hall–Kier alpha value is -3.92. The van der Waals surface area contributed by atoms with Crippen LogP contribution in [0.2, 0.25) is 0 Å². The van der Waals surface area contributed by atoms with E-state index in [2.05, 4.69) is 25.7 Å². The van der Waals surface area contributed by atoms with Crippen molar-refractivity contribution in [1.82, 2.24) is 24.9 Å². The van der Waals surface area contributed by atoms with Crippen LogP contribution in [0.15, 0.2) is 66.7 Å². The van der Waals surface area contributed by atoms with Gasteiger partial charge in [-0.25, -0.2) is 18.3 Å². The van der Waals surface area contributed by atoms with Crippen molar-refractivity contribution in [2.24, 2.45) is 0 Å². The number of carbonyl (C=O) groups excluding carboxylic acids is 1. The van der Waals surface area contributed by atoms with E-state index in [0.717, 1.165) is 0 Å². The van der Waals surface area contributed by atoms with Gasteiger partial charge < -0.3 is 15.7 Å². The Morgan fingerprint density at radius 1 is 1.32 bits per heavy atom. The topological polar surface area (TPSA) is 104 Å². The van der Waals surface area contributed by atoms with E-state index in [1.165, 1.54) is 19.2 Å². The lowest BCUT2D eigenvalue weighted by Crippen LogP contribution is -2.27. The van der Waals surface area contributed by atoms with Crippen molar-refractivity contribution in [3.63, 3.8) is 0 Å². The minimum atomic E-state index is -2.52. The maximum Gasteiger partial charge on any atom is 0.259 e. The molecule has 0 fully saturated rings. The fourth-order valence-corrected chi connectivity index (χ4v) is 3.06. The largest absolute Gasteiger partial charge is 0.395 e. The van der Waals surface area contributed by atoms with Gasteiger partial charge in [-0.15, -0.1) is 5.10 Å². The molecule has 0 spiro atoms. The molecule has 3 aromatic heterocycles. The number of nitrogens with one attached hydrogen (secondary N) is 2. The summed E-state index contributed by atoms with van der Waals surface area (Å²) in [5.74, 6) is 0.445. The van der Waals surface area contributed by atoms with Crippen molar-refractivity contribution < 1.29 is 18.7 Å². The highest BCUT2D eigenvalue weighted by Crippen LogP contribution is 2.25. The molecule has 0 radical (unpaired) electrons. The molecule has 3 rings (SSSR count). The lowest BCUT2D eigenvalue weighted by molar-refractivity contribution is 0.0945. The number of aliphatic hydroxyl groups excluding tert-OH is 1. The first-order valence-corrected chi connectivity index (χ1v) is 10.7. The third kappa shape index (κ3) is 6.10. The molecule has 178 valence electrons. The Bertz CT molecular complexity index is 1230. The van der Waals surface area contributed by atoms with Gasteiger partial charge in [0.05, 0.1) is 17.9 Å². The number of anilines is 2. The van der Waals surface area contributed by atoms with Crippen molar-refractivity contribution in [2.75, 3.05) is 18.5 Å². The summed E-state index contributed by atoms with van der Waals surface area (Å²) in [6.07, 6.45) is 9.40. The summed E-state index contributed by atoms with van der Waals surface area (Å²) in [5.41, 5.74) is 2.06. The number of halogens is 2. The van der Waals surface area contributed by atoms with Crippen molar-refractivity contribution in [2.45, 2.75) is 26.7 Å². The van der Waals surface area contributed by atoms with E-state index in [-0.39, 0.29) is 30.2 Å². The summed E-state index contributed by atoms with van der Waals surface area (Å²) < 4.78 is 27.2. The zero-order valence-corrected chi connectivity index (χ0v) is 18.9. The van der Waals surface area contributed by atoms with E-state index in [0.29, 0.717) is 34.8 Å². The second-order valence-corrected chi connectivity index (χ2v) is 7.29. The predicted octanol–water partition coefficient (Wildman–Crippen LogP) is 4.15. The molecule has 0 saturated heterocycles. The van der Waals surface area contributed by atoms with Gasteiger partial charge in [0.25, 0.3) is 12.3 Å². The molecule has 3 aromatic rings. The molecule has 0 aliphatic heterocycles. The predicted molar refractivity (Wildman–Crippen MR) is 127 cm³/mol. The highest BCUT2D eigenvalue weighted by molar-refractivity contribution is 6.00. The molecule has 1 amide bonds. The van der Waals surface area contributed by atoms with Crippen molar-refractivity contribution in [3.8, 4) is 0 Å². The van der Waals surface area contributed by atoms with Crippen LogP contribution in [0, 0.1) is 0 Å². The second kappa shape index (κ2) is 11.8. The Kier molecular flexibility index (Phi) is 8.58. The first-order valence-electron chi connectivity index (χ1n) is 10.7. The molecule has 0 aromatic carbocycles. The van der Waals surface area contributed by atoms with E-state index < -0.39 is 6.43 Å². The molecule has 0 bridgehead atoms. The number of allylic oxidation sites excluding steroid dienone is 6. The molecule has 3 heterocycles. The zero-order valence-electron chi connectivity index (χ0n) is 18.9. The van der Waals surface area contributed by atoms with Gasteiger partial charge in [0.1, 0.15) is 5.52 Å². The maximum absolute atomic E-state index is 12.8. The summed E-state index contributed by atoms with van der Waals surface area (Å²) in [5, 5.41) is 19.3. The first kappa shape index (κ1) is 24.7. The Morgan fingerprint density at radius 3 is 2.88 bits per heavy atom. The molecule has 0 unspecified atom stereocenters. The van der Waals surface area contributed by atoms with Crippen molar-refractivity contribution >= 4 is 28.5 Å².